The lowest BCUT2D eigenvalue weighted by molar-refractivity contribution is 0.102. The van der Waals surface area contributed by atoms with Crippen LogP contribution in [0.25, 0.3) is 16.8 Å². The minimum absolute atomic E-state index is 0.253. The van der Waals surface area contributed by atoms with Gasteiger partial charge in [0, 0.05) is 19.0 Å². The number of anilines is 1. The SMILES string of the molecule is COCc1nn2c(C)c(C(=O)Nc3ccc(OC)cc3)cnc2c1-c1ccc(F)cc1. The summed E-state index contributed by atoms with van der Waals surface area (Å²) < 4.78 is 25.5. The van der Waals surface area contributed by atoms with Crippen LogP contribution in [-0.2, 0) is 11.3 Å². The Morgan fingerprint density at radius 3 is 2.45 bits per heavy atom. The molecule has 1 amide bonds. The molecule has 2 heterocycles. The second-order valence-corrected chi connectivity index (χ2v) is 6.94. The number of aromatic nitrogens is 3. The molecule has 0 radical (unpaired) electrons. The maximum Gasteiger partial charge on any atom is 0.259 e. The summed E-state index contributed by atoms with van der Waals surface area (Å²) in [5, 5.41) is 7.47. The van der Waals surface area contributed by atoms with Crippen molar-refractivity contribution in [3.63, 3.8) is 0 Å². The maximum absolute atomic E-state index is 13.4. The van der Waals surface area contributed by atoms with Gasteiger partial charge in [0.05, 0.1) is 36.2 Å². The van der Waals surface area contributed by atoms with Crippen LogP contribution in [0.3, 0.4) is 0 Å². The molecule has 0 aliphatic rings. The van der Waals surface area contributed by atoms with E-state index in [0.717, 1.165) is 11.1 Å². The second kappa shape index (κ2) is 8.53. The number of benzene rings is 2. The molecule has 0 atom stereocenters. The highest BCUT2D eigenvalue weighted by molar-refractivity contribution is 6.05. The van der Waals surface area contributed by atoms with Gasteiger partial charge in [0.2, 0.25) is 0 Å². The van der Waals surface area contributed by atoms with Gasteiger partial charge in [0.1, 0.15) is 11.6 Å². The monoisotopic (exact) mass is 420 g/mol. The lowest BCUT2D eigenvalue weighted by Crippen LogP contribution is -2.16. The first kappa shape index (κ1) is 20.5. The van der Waals surface area contributed by atoms with E-state index in [4.69, 9.17) is 9.47 Å². The largest absolute Gasteiger partial charge is 0.497 e. The van der Waals surface area contributed by atoms with Gasteiger partial charge in [-0.25, -0.2) is 13.9 Å². The molecular weight excluding hydrogens is 399 g/mol. The Morgan fingerprint density at radius 1 is 1.10 bits per heavy atom. The summed E-state index contributed by atoms with van der Waals surface area (Å²) in [7, 11) is 3.16. The molecule has 0 aliphatic heterocycles. The summed E-state index contributed by atoms with van der Waals surface area (Å²) in [5.74, 6) is 0.0761. The highest BCUT2D eigenvalue weighted by Gasteiger charge is 2.20. The number of rotatable bonds is 6. The Hall–Kier alpha value is -3.78. The van der Waals surface area contributed by atoms with Gasteiger partial charge < -0.3 is 14.8 Å². The van der Waals surface area contributed by atoms with Crippen molar-refractivity contribution in [3.8, 4) is 16.9 Å². The number of hydrogen-bond donors (Lipinski definition) is 1. The normalized spacial score (nSPS) is 11.0. The molecule has 0 saturated carbocycles. The van der Waals surface area contributed by atoms with Crippen molar-refractivity contribution in [2.45, 2.75) is 13.5 Å². The van der Waals surface area contributed by atoms with Crippen LogP contribution in [0.2, 0.25) is 0 Å². The highest BCUT2D eigenvalue weighted by atomic mass is 19.1. The van der Waals surface area contributed by atoms with Gasteiger partial charge in [0.15, 0.2) is 5.65 Å². The molecular formula is C23H21FN4O3. The molecule has 0 aliphatic carbocycles. The molecule has 7 nitrogen and oxygen atoms in total. The van der Waals surface area contributed by atoms with E-state index in [1.165, 1.54) is 18.3 Å². The smallest absolute Gasteiger partial charge is 0.259 e. The number of methoxy groups -OCH3 is 2. The fraction of sp³-hybridized carbons (Fsp3) is 0.174. The zero-order valence-electron chi connectivity index (χ0n) is 17.3. The van der Waals surface area contributed by atoms with Crippen LogP contribution in [0, 0.1) is 12.7 Å². The molecule has 2 aromatic heterocycles. The van der Waals surface area contributed by atoms with Crippen LogP contribution >= 0.6 is 0 Å². The quantitative estimate of drug-likeness (QED) is 0.505. The third-order valence-corrected chi connectivity index (χ3v) is 4.96. The van der Waals surface area contributed by atoms with Gasteiger partial charge in [-0.3, -0.25) is 4.79 Å². The first-order valence-electron chi connectivity index (χ1n) is 9.59. The van der Waals surface area contributed by atoms with E-state index in [0.29, 0.717) is 34.0 Å². The Kier molecular flexibility index (Phi) is 5.64. The molecule has 0 bridgehead atoms. The minimum atomic E-state index is -0.324. The predicted molar refractivity (Wildman–Crippen MR) is 115 cm³/mol. The van der Waals surface area contributed by atoms with E-state index in [9.17, 15) is 9.18 Å². The summed E-state index contributed by atoms with van der Waals surface area (Å²) in [6, 6.07) is 13.2. The van der Waals surface area contributed by atoms with Gasteiger partial charge in [-0.15, -0.1) is 0 Å². The zero-order chi connectivity index (χ0) is 22.0. The van der Waals surface area contributed by atoms with Crippen molar-refractivity contribution in [1.29, 1.82) is 0 Å². The number of nitrogens with one attached hydrogen (secondary N) is 1. The number of nitrogens with zero attached hydrogens (tertiary/aromatic N) is 3. The third kappa shape index (κ3) is 3.97. The average Bonchev–Trinajstić information content (AvgIpc) is 3.14. The number of hydrogen-bond acceptors (Lipinski definition) is 5. The van der Waals surface area contributed by atoms with Crippen molar-refractivity contribution in [2.75, 3.05) is 19.5 Å². The van der Waals surface area contributed by atoms with E-state index >= 15 is 0 Å². The molecule has 158 valence electrons. The van der Waals surface area contributed by atoms with Crippen LogP contribution in [-0.4, -0.2) is 34.7 Å². The van der Waals surface area contributed by atoms with Crippen molar-refractivity contribution < 1.29 is 18.7 Å². The number of halogens is 1. The van der Waals surface area contributed by atoms with Crippen LogP contribution < -0.4 is 10.1 Å². The molecule has 31 heavy (non-hydrogen) atoms. The van der Waals surface area contributed by atoms with Crippen molar-refractivity contribution in [3.05, 3.63) is 77.5 Å². The van der Waals surface area contributed by atoms with Crippen molar-refractivity contribution in [2.24, 2.45) is 0 Å². The Morgan fingerprint density at radius 2 is 1.81 bits per heavy atom. The maximum atomic E-state index is 13.4. The molecule has 0 unspecified atom stereocenters. The minimum Gasteiger partial charge on any atom is -0.497 e. The van der Waals surface area contributed by atoms with E-state index < -0.39 is 0 Å². The standard InChI is InChI=1S/C23H21FN4O3/c1-14-19(23(29)26-17-8-10-18(31-3)11-9-17)12-25-22-21(15-4-6-16(24)7-5-15)20(13-30-2)27-28(14)22/h4-12H,13H2,1-3H3,(H,26,29). The van der Waals surface area contributed by atoms with Crippen LogP contribution in [0.4, 0.5) is 10.1 Å². The third-order valence-electron chi connectivity index (χ3n) is 4.96. The molecule has 8 heteroatoms. The van der Waals surface area contributed by atoms with E-state index in [1.807, 2.05) is 0 Å². The Balaban J connectivity index is 1.74. The van der Waals surface area contributed by atoms with Crippen LogP contribution in [0.1, 0.15) is 21.7 Å². The average molecular weight is 420 g/mol. The van der Waals surface area contributed by atoms with Gasteiger partial charge in [-0.1, -0.05) is 12.1 Å². The topological polar surface area (TPSA) is 77.8 Å². The number of ether oxygens (including phenoxy) is 2. The second-order valence-electron chi connectivity index (χ2n) is 6.94. The fourth-order valence-corrected chi connectivity index (χ4v) is 3.39. The molecule has 0 saturated heterocycles. The summed E-state index contributed by atoms with van der Waals surface area (Å²) in [6.45, 7) is 2.05. The number of aryl methyl sites for hydroxylation is 1. The predicted octanol–water partition coefficient (Wildman–Crippen LogP) is 4.25. The molecule has 1 N–H and O–H groups in total. The van der Waals surface area contributed by atoms with Crippen molar-refractivity contribution >= 4 is 17.2 Å². The first-order chi connectivity index (χ1) is 15.0. The Labute approximate surface area is 178 Å². The number of amides is 1. The van der Waals surface area contributed by atoms with Gasteiger partial charge >= 0.3 is 0 Å². The van der Waals surface area contributed by atoms with Gasteiger partial charge in [0.25, 0.3) is 5.91 Å². The van der Waals surface area contributed by atoms with Gasteiger partial charge in [-0.05, 0) is 48.9 Å². The molecule has 0 spiro atoms. The number of carbonyl (C=O) groups is 1. The molecule has 4 rings (SSSR count). The van der Waals surface area contributed by atoms with E-state index in [1.54, 1.807) is 62.1 Å². The molecule has 4 aromatic rings. The fourth-order valence-electron chi connectivity index (χ4n) is 3.39. The van der Waals surface area contributed by atoms with Crippen LogP contribution in [0.15, 0.2) is 54.7 Å². The van der Waals surface area contributed by atoms with Gasteiger partial charge in [-0.2, -0.15) is 5.10 Å². The highest BCUT2D eigenvalue weighted by Crippen LogP contribution is 2.29. The Bertz CT molecular complexity index is 1230. The van der Waals surface area contributed by atoms with E-state index in [2.05, 4.69) is 15.4 Å². The molecule has 2 aromatic carbocycles. The summed E-state index contributed by atoms with van der Waals surface area (Å²) in [5.41, 5.74) is 4.38. The van der Waals surface area contributed by atoms with E-state index in [-0.39, 0.29) is 18.3 Å². The lowest BCUT2D eigenvalue weighted by atomic mass is 10.1. The first-order valence-corrected chi connectivity index (χ1v) is 9.59. The lowest BCUT2D eigenvalue weighted by Gasteiger charge is -2.09. The van der Waals surface area contributed by atoms with Crippen molar-refractivity contribution in [1.82, 2.24) is 14.6 Å². The zero-order valence-corrected chi connectivity index (χ0v) is 17.3. The molecule has 0 fully saturated rings. The summed E-state index contributed by atoms with van der Waals surface area (Å²) in [4.78, 5) is 17.4. The number of fused-ring (bicyclic) bond motifs is 1. The summed E-state index contributed by atoms with van der Waals surface area (Å²) >= 11 is 0. The van der Waals surface area contributed by atoms with Crippen LogP contribution in [0.5, 0.6) is 5.75 Å². The number of carbonyl (C=O) groups excluding carboxylic acids is 1. The summed E-state index contributed by atoms with van der Waals surface area (Å²) in [6.07, 6.45) is 1.52.